The highest BCUT2D eigenvalue weighted by Gasteiger charge is 2.32. The van der Waals surface area contributed by atoms with Crippen molar-refractivity contribution in [2.24, 2.45) is 5.73 Å². The van der Waals surface area contributed by atoms with E-state index in [1.807, 2.05) is 6.92 Å². The Labute approximate surface area is 99.0 Å². The fraction of sp³-hybridized carbons (Fsp3) is 0.417. The lowest BCUT2D eigenvalue weighted by Gasteiger charge is -2.28. The molecule has 1 rings (SSSR count). The quantitative estimate of drug-likeness (QED) is 0.825. The summed E-state index contributed by atoms with van der Waals surface area (Å²) in [5, 5.41) is 2.94. The van der Waals surface area contributed by atoms with Crippen molar-refractivity contribution in [2.45, 2.75) is 25.8 Å². The molecule has 1 atom stereocenters. The molecule has 17 heavy (non-hydrogen) atoms. The highest BCUT2D eigenvalue weighted by atomic mass is 19.2. The van der Waals surface area contributed by atoms with Crippen LogP contribution in [0.25, 0.3) is 0 Å². The molecule has 0 bridgehead atoms. The van der Waals surface area contributed by atoms with Gasteiger partial charge in [-0.25, -0.2) is 8.78 Å². The molecule has 0 aliphatic rings. The van der Waals surface area contributed by atoms with Gasteiger partial charge in [0.25, 0.3) is 0 Å². The zero-order valence-electron chi connectivity index (χ0n) is 9.89. The van der Waals surface area contributed by atoms with E-state index in [-0.39, 0.29) is 0 Å². The molecule has 0 heterocycles. The number of carbonyl (C=O) groups is 1. The van der Waals surface area contributed by atoms with Gasteiger partial charge in [0, 0.05) is 0 Å². The summed E-state index contributed by atoms with van der Waals surface area (Å²) in [6.45, 7) is 4.04. The summed E-state index contributed by atoms with van der Waals surface area (Å²) in [4.78, 5) is 11.5. The van der Waals surface area contributed by atoms with E-state index in [0.717, 1.165) is 18.6 Å². The monoisotopic (exact) mass is 242 g/mol. The number of rotatable bonds is 5. The zero-order valence-corrected chi connectivity index (χ0v) is 9.89. The molecule has 94 valence electrons. The van der Waals surface area contributed by atoms with Gasteiger partial charge < -0.3 is 5.73 Å². The second-order valence-corrected chi connectivity index (χ2v) is 4.04. The Morgan fingerprint density at radius 2 is 2.06 bits per heavy atom. The third-order valence-corrected chi connectivity index (χ3v) is 2.72. The Morgan fingerprint density at radius 3 is 2.53 bits per heavy atom. The molecule has 0 fully saturated rings. The Bertz CT molecular complexity index is 423. The second-order valence-electron chi connectivity index (χ2n) is 4.04. The van der Waals surface area contributed by atoms with E-state index in [2.05, 4.69) is 5.32 Å². The maximum atomic E-state index is 13.1. The van der Waals surface area contributed by atoms with Crippen molar-refractivity contribution in [3.63, 3.8) is 0 Å². The largest absolute Gasteiger partial charge is 0.368 e. The first-order chi connectivity index (χ1) is 7.91. The Kier molecular flexibility index (Phi) is 4.17. The number of carbonyl (C=O) groups excluding carboxylic acids is 1. The van der Waals surface area contributed by atoms with Gasteiger partial charge in [-0.2, -0.15) is 0 Å². The molecular weight excluding hydrogens is 226 g/mol. The van der Waals surface area contributed by atoms with Crippen LogP contribution in [0.1, 0.15) is 25.8 Å². The second kappa shape index (κ2) is 5.23. The van der Waals surface area contributed by atoms with E-state index < -0.39 is 23.1 Å². The van der Waals surface area contributed by atoms with Crippen LogP contribution in [-0.4, -0.2) is 12.5 Å². The van der Waals surface area contributed by atoms with Crippen molar-refractivity contribution in [1.82, 2.24) is 5.32 Å². The molecule has 1 aromatic rings. The van der Waals surface area contributed by atoms with Gasteiger partial charge in [0.1, 0.15) is 5.54 Å². The lowest BCUT2D eigenvalue weighted by Crippen LogP contribution is -2.50. The van der Waals surface area contributed by atoms with Crippen LogP contribution in [0, 0.1) is 11.6 Å². The minimum Gasteiger partial charge on any atom is -0.368 e. The molecule has 0 saturated heterocycles. The third kappa shape index (κ3) is 2.79. The predicted octanol–water partition coefficient (Wildman–Crippen LogP) is 1.66. The maximum absolute atomic E-state index is 13.1. The molecule has 0 aromatic heterocycles. The number of halogens is 2. The summed E-state index contributed by atoms with van der Waals surface area (Å²) in [5.41, 5.74) is 4.44. The fourth-order valence-electron chi connectivity index (χ4n) is 1.51. The van der Waals surface area contributed by atoms with Gasteiger partial charge in [0.05, 0.1) is 0 Å². The number of amides is 1. The van der Waals surface area contributed by atoms with Crippen LogP contribution in [0.3, 0.4) is 0 Å². The van der Waals surface area contributed by atoms with Gasteiger partial charge in [-0.15, -0.1) is 0 Å². The highest BCUT2D eigenvalue weighted by molar-refractivity contribution is 5.85. The first-order valence-corrected chi connectivity index (χ1v) is 5.42. The van der Waals surface area contributed by atoms with Crippen molar-refractivity contribution in [2.75, 3.05) is 6.54 Å². The first-order valence-electron chi connectivity index (χ1n) is 5.42. The molecular formula is C12H16F2N2O. The SMILES string of the molecule is CCCNC(C)(C(N)=O)c1ccc(F)c(F)c1. The van der Waals surface area contributed by atoms with Crippen LogP contribution in [0.4, 0.5) is 8.78 Å². The van der Waals surface area contributed by atoms with Gasteiger partial charge in [0.2, 0.25) is 5.91 Å². The summed E-state index contributed by atoms with van der Waals surface area (Å²) < 4.78 is 26.0. The summed E-state index contributed by atoms with van der Waals surface area (Å²) in [6, 6.07) is 3.33. The molecule has 3 N–H and O–H groups in total. The van der Waals surface area contributed by atoms with Crippen molar-refractivity contribution >= 4 is 5.91 Å². The number of primary amides is 1. The molecule has 0 aliphatic heterocycles. The van der Waals surface area contributed by atoms with Crippen molar-refractivity contribution in [3.8, 4) is 0 Å². The normalized spacial score (nSPS) is 14.4. The zero-order chi connectivity index (χ0) is 13.1. The van der Waals surface area contributed by atoms with Gasteiger partial charge >= 0.3 is 0 Å². The first kappa shape index (κ1) is 13.6. The Hall–Kier alpha value is -1.49. The molecule has 1 aromatic carbocycles. The fourth-order valence-corrected chi connectivity index (χ4v) is 1.51. The molecule has 0 saturated carbocycles. The minimum atomic E-state index is -1.19. The van der Waals surface area contributed by atoms with E-state index in [1.165, 1.54) is 6.07 Å². The molecule has 0 spiro atoms. The number of hydrogen-bond acceptors (Lipinski definition) is 2. The van der Waals surface area contributed by atoms with E-state index in [0.29, 0.717) is 12.1 Å². The lowest BCUT2D eigenvalue weighted by molar-refractivity contribution is -0.124. The van der Waals surface area contributed by atoms with Crippen molar-refractivity contribution in [1.29, 1.82) is 0 Å². The van der Waals surface area contributed by atoms with Gasteiger partial charge in [-0.3, -0.25) is 10.1 Å². The Balaban J connectivity index is 3.13. The van der Waals surface area contributed by atoms with E-state index in [1.54, 1.807) is 6.92 Å². The van der Waals surface area contributed by atoms with Crippen LogP contribution < -0.4 is 11.1 Å². The Morgan fingerprint density at radius 1 is 1.41 bits per heavy atom. The molecule has 1 unspecified atom stereocenters. The lowest BCUT2D eigenvalue weighted by atomic mass is 9.91. The molecule has 0 radical (unpaired) electrons. The highest BCUT2D eigenvalue weighted by Crippen LogP contribution is 2.22. The third-order valence-electron chi connectivity index (χ3n) is 2.72. The van der Waals surface area contributed by atoms with Gasteiger partial charge in [-0.05, 0) is 37.6 Å². The minimum absolute atomic E-state index is 0.317. The number of benzene rings is 1. The van der Waals surface area contributed by atoms with E-state index in [4.69, 9.17) is 5.73 Å². The molecule has 5 heteroatoms. The topological polar surface area (TPSA) is 55.1 Å². The van der Waals surface area contributed by atoms with E-state index >= 15 is 0 Å². The van der Waals surface area contributed by atoms with E-state index in [9.17, 15) is 13.6 Å². The van der Waals surface area contributed by atoms with Crippen LogP contribution in [0.15, 0.2) is 18.2 Å². The van der Waals surface area contributed by atoms with Crippen molar-refractivity contribution < 1.29 is 13.6 Å². The standard InChI is InChI=1S/C12H16F2N2O/c1-3-6-16-12(2,11(15)17)8-4-5-9(13)10(14)7-8/h4-5,7,16H,3,6H2,1-2H3,(H2,15,17). The average molecular weight is 242 g/mol. The van der Waals surface area contributed by atoms with Crippen molar-refractivity contribution in [3.05, 3.63) is 35.4 Å². The number of nitrogens with two attached hydrogens (primary N) is 1. The average Bonchev–Trinajstić information content (AvgIpc) is 2.29. The van der Waals surface area contributed by atoms with Crippen LogP contribution in [0.2, 0.25) is 0 Å². The van der Waals surface area contributed by atoms with Crippen LogP contribution in [0.5, 0.6) is 0 Å². The predicted molar refractivity (Wildman–Crippen MR) is 61.2 cm³/mol. The summed E-state index contributed by atoms with van der Waals surface area (Å²) >= 11 is 0. The smallest absolute Gasteiger partial charge is 0.242 e. The molecule has 3 nitrogen and oxygen atoms in total. The maximum Gasteiger partial charge on any atom is 0.242 e. The summed E-state index contributed by atoms with van der Waals surface area (Å²) in [7, 11) is 0. The molecule has 0 aliphatic carbocycles. The summed E-state index contributed by atoms with van der Waals surface area (Å²) in [5.74, 6) is -2.57. The number of nitrogens with one attached hydrogen (secondary N) is 1. The summed E-state index contributed by atoms with van der Waals surface area (Å²) in [6.07, 6.45) is 0.798. The molecule has 1 amide bonds. The van der Waals surface area contributed by atoms with Gasteiger partial charge in [-0.1, -0.05) is 13.0 Å². The van der Waals surface area contributed by atoms with Gasteiger partial charge in [0.15, 0.2) is 11.6 Å². The van der Waals surface area contributed by atoms with Crippen LogP contribution in [-0.2, 0) is 10.3 Å². The number of hydrogen-bond donors (Lipinski definition) is 2. The van der Waals surface area contributed by atoms with Crippen LogP contribution >= 0.6 is 0 Å².